The quantitative estimate of drug-likeness (QED) is 0.589. The Labute approximate surface area is 195 Å². The van der Waals surface area contributed by atoms with Gasteiger partial charge < -0.3 is 24.4 Å². The smallest absolute Gasteiger partial charge is 0.173 e. The molecule has 1 saturated heterocycles. The number of morpholine rings is 1. The number of hydrogen-bond donors (Lipinski definition) is 1. The number of anilines is 1. The molecule has 0 aliphatic carbocycles. The van der Waals surface area contributed by atoms with E-state index in [2.05, 4.69) is 15.1 Å². The van der Waals surface area contributed by atoms with Crippen LogP contribution in [0.15, 0.2) is 36.4 Å². The fraction of sp³-hybridized carbons (Fsp3) is 0.435. The number of nitrogens with one attached hydrogen (secondary N) is 1. The zero-order valence-electron chi connectivity index (χ0n) is 18.3. The second-order valence-corrected chi connectivity index (χ2v) is 8.20. The third kappa shape index (κ3) is 6.46. The van der Waals surface area contributed by atoms with Gasteiger partial charge >= 0.3 is 0 Å². The van der Waals surface area contributed by atoms with Gasteiger partial charge in [-0.15, -0.1) is 0 Å². The number of ether oxygens (including phenoxy) is 3. The highest BCUT2D eigenvalue weighted by Crippen LogP contribution is 2.28. The highest BCUT2D eigenvalue weighted by atomic mass is 35.5. The monoisotopic (exact) mass is 463 g/mol. The molecule has 1 fully saturated rings. The van der Waals surface area contributed by atoms with Crippen LogP contribution in [0.25, 0.3) is 0 Å². The standard InChI is InChI=1S/C23H30ClN3O3S/c1-17-19(24)5-4-6-20(17)25-23(31)27(10-9-26-11-13-30-14-12-26)16-18-7-8-21(28-2)22(15-18)29-3/h4-8,15H,9-14,16H2,1-3H3,(H,25,31). The predicted octanol–water partition coefficient (Wildman–Crippen LogP) is 4.20. The van der Waals surface area contributed by atoms with Gasteiger partial charge in [0, 0.05) is 43.4 Å². The summed E-state index contributed by atoms with van der Waals surface area (Å²) in [4.78, 5) is 4.57. The molecule has 2 aromatic carbocycles. The van der Waals surface area contributed by atoms with Crippen molar-refractivity contribution in [1.29, 1.82) is 0 Å². The van der Waals surface area contributed by atoms with Crippen molar-refractivity contribution in [2.75, 3.05) is 58.9 Å². The maximum atomic E-state index is 6.29. The number of thiocarbonyl (C=S) groups is 1. The fourth-order valence-electron chi connectivity index (χ4n) is 3.48. The van der Waals surface area contributed by atoms with Crippen LogP contribution >= 0.6 is 23.8 Å². The van der Waals surface area contributed by atoms with Crippen molar-refractivity contribution in [1.82, 2.24) is 9.80 Å². The van der Waals surface area contributed by atoms with Gasteiger partial charge in [0.2, 0.25) is 0 Å². The van der Waals surface area contributed by atoms with Gasteiger partial charge in [-0.1, -0.05) is 23.7 Å². The molecular formula is C23H30ClN3O3S. The minimum absolute atomic E-state index is 0.649. The van der Waals surface area contributed by atoms with E-state index < -0.39 is 0 Å². The molecule has 168 valence electrons. The minimum Gasteiger partial charge on any atom is -0.493 e. The van der Waals surface area contributed by atoms with Gasteiger partial charge in [0.05, 0.1) is 27.4 Å². The van der Waals surface area contributed by atoms with Gasteiger partial charge in [-0.05, 0) is 54.5 Å². The van der Waals surface area contributed by atoms with E-state index in [1.807, 2.05) is 43.3 Å². The number of halogens is 1. The van der Waals surface area contributed by atoms with Gasteiger partial charge in [-0.2, -0.15) is 0 Å². The molecule has 8 heteroatoms. The van der Waals surface area contributed by atoms with E-state index >= 15 is 0 Å². The first-order chi connectivity index (χ1) is 15.0. The van der Waals surface area contributed by atoms with Gasteiger partial charge in [-0.25, -0.2) is 0 Å². The average Bonchev–Trinajstić information content (AvgIpc) is 2.80. The molecule has 0 saturated carbocycles. The van der Waals surface area contributed by atoms with E-state index in [0.29, 0.717) is 28.2 Å². The summed E-state index contributed by atoms with van der Waals surface area (Å²) in [6.45, 7) is 7.78. The molecule has 0 amide bonds. The second-order valence-electron chi connectivity index (χ2n) is 7.41. The SMILES string of the molecule is COc1ccc(CN(CCN2CCOCC2)C(=S)Nc2cccc(Cl)c2C)cc1OC. The molecule has 3 rings (SSSR count). The molecular weight excluding hydrogens is 434 g/mol. The van der Waals surface area contributed by atoms with E-state index in [1.165, 1.54) is 0 Å². The Morgan fingerprint density at radius 3 is 2.61 bits per heavy atom. The molecule has 2 aromatic rings. The Bertz CT molecular complexity index is 890. The maximum absolute atomic E-state index is 6.29. The van der Waals surface area contributed by atoms with Gasteiger partial charge in [-0.3, -0.25) is 4.90 Å². The molecule has 1 N–H and O–H groups in total. The van der Waals surface area contributed by atoms with Crippen LogP contribution in [0.4, 0.5) is 5.69 Å². The summed E-state index contributed by atoms with van der Waals surface area (Å²) >= 11 is 12.1. The van der Waals surface area contributed by atoms with Crippen molar-refractivity contribution in [3.63, 3.8) is 0 Å². The van der Waals surface area contributed by atoms with Crippen molar-refractivity contribution >= 4 is 34.6 Å². The Kier molecular flexibility index (Phi) is 8.78. The normalized spacial score (nSPS) is 14.2. The first-order valence-electron chi connectivity index (χ1n) is 10.3. The van der Waals surface area contributed by atoms with Crippen LogP contribution in [0.3, 0.4) is 0 Å². The highest BCUT2D eigenvalue weighted by molar-refractivity contribution is 7.80. The van der Waals surface area contributed by atoms with E-state index in [4.69, 9.17) is 38.0 Å². The lowest BCUT2D eigenvalue weighted by Crippen LogP contribution is -2.44. The van der Waals surface area contributed by atoms with Crippen LogP contribution in [0, 0.1) is 6.92 Å². The summed E-state index contributed by atoms with van der Waals surface area (Å²) in [6.07, 6.45) is 0. The van der Waals surface area contributed by atoms with Crippen LogP contribution in [0.5, 0.6) is 11.5 Å². The van der Waals surface area contributed by atoms with Crippen molar-refractivity contribution < 1.29 is 14.2 Å². The number of benzene rings is 2. The predicted molar refractivity (Wildman–Crippen MR) is 130 cm³/mol. The lowest BCUT2D eigenvalue weighted by atomic mass is 10.2. The second kappa shape index (κ2) is 11.5. The molecule has 1 heterocycles. The lowest BCUT2D eigenvalue weighted by molar-refractivity contribution is 0.0358. The van der Waals surface area contributed by atoms with Crippen LogP contribution in [-0.4, -0.2) is 68.5 Å². The molecule has 1 aliphatic heterocycles. The van der Waals surface area contributed by atoms with Crippen molar-refractivity contribution in [3.8, 4) is 11.5 Å². The number of methoxy groups -OCH3 is 2. The number of rotatable bonds is 8. The van der Waals surface area contributed by atoms with Gasteiger partial charge in [0.25, 0.3) is 0 Å². The Hall–Kier alpha value is -2.06. The van der Waals surface area contributed by atoms with Crippen LogP contribution < -0.4 is 14.8 Å². The Balaban J connectivity index is 1.76. The largest absolute Gasteiger partial charge is 0.493 e. The van der Waals surface area contributed by atoms with Crippen molar-refractivity contribution in [2.45, 2.75) is 13.5 Å². The van der Waals surface area contributed by atoms with Crippen molar-refractivity contribution in [3.05, 3.63) is 52.5 Å². The van der Waals surface area contributed by atoms with E-state index in [0.717, 1.165) is 56.2 Å². The molecule has 0 radical (unpaired) electrons. The lowest BCUT2D eigenvalue weighted by Gasteiger charge is -2.32. The molecule has 6 nitrogen and oxygen atoms in total. The molecule has 1 aliphatic rings. The van der Waals surface area contributed by atoms with E-state index in [1.54, 1.807) is 14.2 Å². The van der Waals surface area contributed by atoms with Gasteiger partial charge in [0.15, 0.2) is 16.6 Å². The third-order valence-corrected chi connectivity index (χ3v) is 6.18. The summed E-state index contributed by atoms with van der Waals surface area (Å²) in [5.74, 6) is 1.42. The minimum atomic E-state index is 0.649. The molecule has 0 spiro atoms. The van der Waals surface area contributed by atoms with Gasteiger partial charge in [0.1, 0.15) is 0 Å². The number of hydrogen-bond acceptors (Lipinski definition) is 5. The summed E-state index contributed by atoms with van der Waals surface area (Å²) in [6, 6.07) is 11.7. The average molecular weight is 464 g/mol. The fourth-order valence-corrected chi connectivity index (χ4v) is 3.92. The molecule has 0 unspecified atom stereocenters. The topological polar surface area (TPSA) is 46.2 Å². The van der Waals surface area contributed by atoms with E-state index in [9.17, 15) is 0 Å². The molecule has 0 aromatic heterocycles. The summed E-state index contributed by atoms with van der Waals surface area (Å²) < 4.78 is 16.3. The molecule has 0 bridgehead atoms. The molecule has 0 atom stereocenters. The van der Waals surface area contributed by atoms with Crippen molar-refractivity contribution in [2.24, 2.45) is 0 Å². The first kappa shape index (κ1) is 23.6. The van der Waals surface area contributed by atoms with Crippen LogP contribution in [0.2, 0.25) is 5.02 Å². The number of nitrogens with zero attached hydrogens (tertiary/aromatic N) is 2. The van der Waals surface area contributed by atoms with Crippen LogP contribution in [-0.2, 0) is 11.3 Å². The Morgan fingerprint density at radius 1 is 1.16 bits per heavy atom. The zero-order chi connectivity index (χ0) is 22.2. The Morgan fingerprint density at radius 2 is 1.90 bits per heavy atom. The maximum Gasteiger partial charge on any atom is 0.173 e. The van der Waals surface area contributed by atoms with Crippen LogP contribution in [0.1, 0.15) is 11.1 Å². The molecule has 31 heavy (non-hydrogen) atoms. The zero-order valence-corrected chi connectivity index (χ0v) is 19.9. The van der Waals surface area contributed by atoms with E-state index in [-0.39, 0.29) is 0 Å². The summed E-state index contributed by atoms with van der Waals surface area (Å²) in [7, 11) is 3.28. The summed E-state index contributed by atoms with van der Waals surface area (Å²) in [5, 5.41) is 4.76. The summed E-state index contributed by atoms with van der Waals surface area (Å²) in [5.41, 5.74) is 2.98. The third-order valence-electron chi connectivity index (χ3n) is 5.41. The highest BCUT2D eigenvalue weighted by Gasteiger charge is 2.17. The first-order valence-corrected chi connectivity index (χ1v) is 11.1.